The number of phenols is 1. The van der Waals surface area contributed by atoms with Crippen LogP contribution in [-0.4, -0.2) is 29.8 Å². The van der Waals surface area contributed by atoms with E-state index < -0.39 is 6.04 Å². The Kier molecular flexibility index (Phi) is 6.88. The predicted molar refractivity (Wildman–Crippen MR) is 147 cm³/mol. The zero-order chi connectivity index (χ0) is 25.1. The number of rotatable bonds is 5. The lowest BCUT2D eigenvalue weighted by Gasteiger charge is -2.21. The molecule has 36 heavy (non-hydrogen) atoms. The standard InChI is InChI=1S/C31H27ClN2O2/c1-34-29-19-15-24(32)20-27(29)30(23-12-16-25(35)17-13-23)33-28(31(34)36)18-14-22-10-6-7-11-26(22)21-8-4-2-3-5-9-21/h2-13,15-17,19-21,28,35H,14,18H2,1H3. The number of carbonyl (C=O) groups excluding carboxylic acids is 1. The van der Waals surface area contributed by atoms with E-state index in [1.54, 1.807) is 30.1 Å². The fraction of sp³-hybridized carbons (Fsp3) is 0.161. The smallest absolute Gasteiger partial charge is 0.251 e. The molecule has 0 radical (unpaired) electrons. The largest absolute Gasteiger partial charge is 0.508 e. The summed E-state index contributed by atoms with van der Waals surface area (Å²) in [5, 5.41) is 10.4. The van der Waals surface area contributed by atoms with Gasteiger partial charge in [-0.05, 0) is 66.4 Å². The van der Waals surface area contributed by atoms with E-state index in [2.05, 4.69) is 42.5 Å². The van der Waals surface area contributed by atoms with Crippen molar-refractivity contribution >= 4 is 28.9 Å². The van der Waals surface area contributed by atoms with Gasteiger partial charge in [0.1, 0.15) is 11.8 Å². The Bertz CT molecular complexity index is 1390. The Morgan fingerprint density at radius 1 is 0.944 bits per heavy atom. The van der Waals surface area contributed by atoms with Crippen LogP contribution in [0.1, 0.15) is 34.6 Å². The summed E-state index contributed by atoms with van der Waals surface area (Å²) >= 11 is 6.36. The molecule has 180 valence electrons. The van der Waals surface area contributed by atoms with Gasteiger partial charge < -0.3 is 10.0 Å². The lowest BCUT2D eigenvalue weighted by atomic mass is 9.90. The topological polar surface area (TPSA) is 52.9 Å². The summed E-state index contributed by atoms with van der Waals surface area (Å²) in [5.41, 5.74) is 5.53. The summed E-state index contributed by atoms with van der Waals surface area (Å²) in [6.45, 7) is 0. The number of anilines is 1. The fourth-order valence-electron chi connectivity index (χ4n) is 4.80. The van der Waals surface area contributed by atoms with Gasteiger partial charge in [-0.3, -0.25) is 9.79 Å². The second-order valence-electron chi connectivity index (χ2n) is 9.02. The quantitative estimate of drug-likeness (QED) is 0.433. The number of aryl methyl sites for hydroxylation is 1. The third-order valence-electron chi connectivity index (χ3n) is 6.69. The summed E-state index contributed by atoms with van der Waals surface area (Å²) in [6, 6.07) is 20.3. The first-order valence-electron chi connectivity index (χ1n) is 12.1. The molecule has 1 heterocycles. The molecule has 5 rings (SSSR count). The van der Waals surface area contributed by atoms with Crippen molar-refractivity contribution in [3.05, 3.63) is 130 Å². The van der Waals surface area contributed by atoms with Crippen molar-refractivity contribution < 1.29 is 9.90 Å². The molecule has 1 amide bonds. The Morgan fingerprint density at radius 3 is 2.42 bits per heavy atom. The molecule has 1 aliphatic carbocycles. The molecular weight excluding hydrogens is 468 g/mol. The van der Waals surface area contributed by atoms with Crippen LogP contribution in [0.2, 0.25) is 5.02 Å². The highest BCUT2D eigenvalue weighted by atomic mass is 35.5. The van der Waals surface area contributed by atoms with Crippen LogP contribution in [0.25, 0.3) is 0 Å². The third kappa shape index (κ3) is 4.91. The van der Waals surface area contributed by atoms with Crippen molar-refractivity contribution in [3.8, 4) is 5.75 Å². The number of carbonyl (C=O) groups is 1. The molecule has 0 fully saturated rings. The van der Waals surface area contributed by atoms with Crippen molar-refractivity contribution in [2.24, 2.45) is 4.99 Å². The third-order valence-corrected chi connectivity index (χ3v) is 6.92. The lowest BCUT2D eigenvalue weighted by molar-refractivity contribution is -0.119. The maximum absolute atomic E-state index is 13.6. The van der Waals surface area contributed by atoms with Crippen molar-refractivity contribution in [1.82, 2.24) is 0 Å². The number of phenolic OH excluding ortho intramolecular Hbond substituents is 1. The summed E-state index contributed by atoms with van der Waals surface area (Å²) < 4.78 is 0. The molecule has 0 bridgehead atoms. The minimum atomic E-state index is -0.556. The molecule has 0 aromatic heterocycles. The number of likely N-dealkylation sites (N-methyl/N-ethyl adjacent to an activating group) is 1. The van der Waals surface area contributed by atoms with E-state index in [4.69, 9.17) is 16.6 Å². The number of amides is 1. The SMILES string of the molecule is CN1C(=O)C(CCc2ccccc2C2C=CC=CC=C2)N=C(c2ccc(O)cc2)c2cc(Cl)ccc21. The second kappa shape index (κ2) is 10.4. The van der Waals surface area contributed by atoms with Crippen molar-refractivity contribution in [2.45, 2.75) is 24.8 Å². The Morgan fingerprint density at radius 2 is 1.67 bits per heavy atom. The van der Waals surface area contributed by atoms with Crippen LogP contribution in [0.4, 0.5) is 5.69 Å². The molecule has 4 nitrogen and oxygen atoms in total. The predicted octanol–water partition coefficient (Wildman–Crippen LogP) is 6.63. The first-order chi connectivity index (χ1) is 17.5. The van der Waals surface area contributed by atoms with Gasteiger partial charge in [-0.15, -0.1) is 0 Å². The molecule has 0 spiro atoms. The van der Waals surface area contributed by atoms with E-state index in [1.165, 1.54) is 11.1 Å². The van der Waals surface area contributed by atoms with Gasteiger partial charge in [0, 0.05) is 29.1 Å². The van der Waals surface area contributed by atoms with E-state index in [0.717, 1.165) is 23.2 Å². The highest BCUT2D eigenvalue weighted by molar-refractivity contribution is 6.32. The van der Waals surface area contributed by atoms with E-state index in [-0.39, 0.29) is 17.6 Å². The maximum Gasteiger partial charge on any atom is 0.251 e. The number of benzodiazepines with no additional fused rings is 1. The van der Waals surface area contributed by atoms with E-state index in [9.17, 15) is 9.90 Å². The number of halogens is 1. The summed E-state index contributed by atoms with van der Waals surface area (Å²) in [6.07, 6.45) is 13.9. The molecule has 5 heteroatoms. The number of hydrogen-bond acceptors (Lipinski definition) is 3. The van der Waals surface area contributed by atoms with Crippen LogP contribution in [0.15, 0.2) is 108 Å². The zero-order valence-electron chi connectivity index (χ0n) is 20.0. The van der Waals surface area contributed by atoms with Crippen LogP contribution < -0.4 is 4.90 Å². The number of nitrogens with zero attached hydrogens (tertiary/aromatic N) is 2. The molecule has 2 aliphatic rings. The fourth-order valence-corrected chi connectivity index (χ4v) is 4.97. The number of allylic oxidation sites excluding steroid dienone is 6. The Labute approximate surface area is 216 Å². The first kappa shape index (κ1) is 23.8. The molecule has 1 unspecified atom stereocenters. The molecule has 3 aromatic rings. The van der Waals surface area contributed by atoms with Crippen LogP contribution >= 0.6 is 11.6 Å². The summed E-state index contributed by atoms with van der Waals surface area (Å²) in [5.74, 6) is 0.312. The molecule has 0 saturated carbocycles. The number of hydrogen-bond donors (Lipinski definition) is 1. The summed E-state index contributed by atoms with van der Waals surface area (Å²) in [4.78, 5) is 20.3. The molecule has 1 aliphatic heterocycles. The van der Waals surface area contributed by atoms with Crippen LogP contribution in [-0.2, 0) is 11.2 Å². The van der Waals surface area contributed by atoms with Crippen LogP contribution in [0.5, 0.6) is 5.75 Å². The van der Waals surface area contributed by atoms with Crippen LogP contribution in [0.3, 0.4) is 0 Å². The van der Waals surface area contributed by atoms with Gasteiger partial charge in [-0.2, -0.15) is 0 Å². The van der Waals surface area contributed by atoms with E-state index in [0.29, 0.717) is 17.2 Å². The molecule has 3 aromatic carbocycles. The van der Waals surface area contributed by atoms with Gasteiger partial charge in [0.15, 0.2) is 0 Å². The summed E-state index contributed by atoms with van der Waals surface area (Å²) in [7, 11) is 1.79. The van der Waals surface area contributed by atoms with Gasteiger partial charge in [-0.25, -0.2) is 0 Å². The molecular formula is C31H27ClN2O2. The van der Waals surface area contributed by atoms with Gasteiger partial charge in [-0.1, -0.05) is 72.3 Å². The molecule has 1 N–H and O–H groups in total. The number of fused-ring (bicyclic) bond motifs is 1. The maximum atomic E-state index is 13.6. The number of aliphatic imine (C=N–C) groups is 1. The van der Waals surface area contributed by atoms with Gasteiger partial charge in [0.05, 0.1) is 11.4 Å². The first-order valence-corrected chi connectivity index (χ1v) is 12.4. The lowest BCUT2D eigenvalue weighted by Crippen LogP contribution is -2.35. The normalized spacial score (nSPS) is 17.5. The van der Waals surface area contributed by atoms with Gasteiger partial charge in [0.2, 0.25) is 0 Å². The Balaban J connectivity index is 1.51. The van der Waals surface area contributed by atoms with Crippen molar-refractivity contribution in [3.63, 3.8) is 0 Å². The number of aromatic hydroxyl groups is 1. The average molecular weight is 495 g/mol. The van der Waals surface area contributed by atoms with Gasteiger partial charge >= 0.3 is 0 Å². The molecule has 0 saturated heterocycles. The minimum absolute atomic E-state index is 0.0525. The monoisotopic (exact) mass is 494 g/mol. The van der Waals surface area contributed by atoms with Crippen LogP contribution in [0, 0.1) is 0 Å². The van der Waals surface area contributed by atoms with E-state index in [1.807, 2.05) is 42.5 Å². The number of benzene rings is 3. The Hall–Kier alpha value is -3.89. The highest BCUT2D eigenvalue weighted by Crippen LogP contribution is 2.32. The van der Waals surface area contributed by atoms with Crippen molar-refractivity contribution in [1.29, 1.82) is 0 Å². The van der Waals surface area contributed by atoms with Crippen molar-refractivity contribution in [2.75, 3.05) is 11.9 Å². The second-order valence-corrected chi connectivity index (χ2v) is 9.45. The highest BCUT2D eigenvalue weighted by Gasteiger charge is 2.30. The van der Waals surface area contributed by atoms with E-state index >= 15 is 0 Å². The van der Waals surface area contributed by atoms with Gasteiger partial charge in [0.25, 0.3) is 5.91 Å². The average Bonchev–Trinajstić information content (AvgIpc) is 3.22. The molecule has 1 atom stereocenters. The minimum Gasteiger partial charge on any atom is -0.508 e. The zero-order valence-corrected chi connectivity index (χ0v) is 20.8.